The molecule has 0 aliphatic rings. The quantitative estimate of drug-likeness (QED) is 0.241. The monoisotopic (exact) mass is 537 g/mol. The third kappa shape index (κ3) is 5.84. The topological polar surface area (TPSA) is 113 Å². The lowest BCUT2D eigenvalue weighted by Crippen LogP contribution is -2.24. The van der Waals surface area contributed by atoms with Gasteiger partial charge < -0.3 is 19.3 Å². The van der Waals surface area contributed by atoms with Crippen molar-refractivity contribution in [2.75, 3.05) is 13.7 Å². The first-order valence-electron chi connectivity index (χ1n) is 12.6. The summed E-state index contributed by atoms with van der Waals surface area (Å²) in [5.41, 5.74) is 2.50. The summed E-state index contributed by atoms with van der Waals surface area (Å²) in [5.74, 6) is 1.19. The molecule has 1 unspecified atom stereocenters. The minimum Gasteiger partial charge on any atom is -0.493 e. The van der Waals surface area contributed by atoms with Crippen molar-refractivity contribution in [3.8, 4) is 23.0 Å². The lowest BCUT2D eigenvalue weighted by molar-refractivity contribution is 0.0681. The molecule has 1 atom stereocenters. The molecule has 3 aromatic carbocycles. The highest BCUT2D eigenvalue weighted by molar-refractivity contribution is 6.11. The molecule has 0 fully saturated rings. The molecular formula is C31H27N3O6. The first-order valence-corrected chi connectivity index (χ1v) is 12.6. The second-order valence-corrected chi connectivity index (χ2v) is 9.16. The predicted molar refractivity (Wildman–Crippen MR) is 148 cm³/mol. The van der Waals surface area contributed by atoms with E-state index in [1.54, 1.807) is 42.6 Å². The summed E-state index contributed by atoms with van der Waals surface area (Å²) in [6.45, 7) is 1.79. The zero-order valence-electron chi connectivity index (χ0n) is 22.0. The van der Waals surface area contributed by atoms with E-state index in [0.717, 1.165) is 5.56 Å². The minimum atomic E-state index is -1.04. The number of ketones is 1. The first-order chi connectivity index (χ1) is 19.4. The lowest BCUT2D eigenvalue weighted by Gasteiger charge is -2.16. The fraction of sp³-hybridized carbons (Fsp3) is 0.161. The molecule has 2 heterocycles. The van der Waals surface area contributed by atoms with E-state index < -0.39 is 6.10 Å². The molecule has 0 radical (unpaired) electrons. The van der Waals surface area contributed by atoms with Crippen molar-refractivity contribution >= 4 is 22.6 Å². The zero-order valence-corrected chi connectivity index (χ0v) is 22.0. The summed E-state index contributed by atoms with van der Waals surface area (Å²) in [4.78, 5) is 33.8. The number of ether oxygens (including phenoxy) is 3. The molecule has 0 saturated heterocycles. The number of aliphatic hydroxyl groups excluding tert-OH is 1. The second-order valence-electron chi connectivity index (χ2n) is 9.16. The molecule has 0 aliphatic carbocycles. The number of nitrogens with zero attached hydrogens (tertiary/aromatic N) is 3. The molecule has 0 amide bonds. The van der Waals surface area contributed by atoms with Crippen LogP contribution in [0.2, 0.25) is 0 Å². The minimum absolute atomic E-state index is 0.132. The van der Waals surface area contributed by atoms with Crippen LogP contribution >= 0.6 is 0 Å². The zero-order chi connectivity index (χ0) is 28.1. The number of aromatic nitrogens is 3. The average molecular weight is 538 g/mol. The predicted octanol–water partition coefficient (Wildman–Crippen LogP) is 5.24. The number of aryl methyl sites for hydroxylation is 1. The Morgan fingerprint density at radius 3 is 2.52 bits per heavy atom. The second kappa shape index (κ2) is 11.8. The Labute approximate surface area is 230 Å². The number of pyridine rings is 1. The van der Waals surface area contributed by atoms with Gasteiger partial charge in [0.25, 0.3) is 0 Å². The van der Waals surface area contributed by atoms with Gasteiger partial charge in [0.2, 0.25) is 5.91 Å². The first kappa shape index (κ1) is 26.6. The molecule has 40 heavy (non-hydrogen) atoms. The summed E-state index contributed by atoms with van der Waals surface area (Å²) >= 11 is 0. The summed E-state index contributed by atoms with van der Waals surface area (Å²) in [6, 6.07) is 19.6. The fourth-order valence-corrected chi connectivity index (χ4v) is 4.22. The number of methoxy groups -OCH3 is 1. The number of rotatable bonds is 10. The van der Waals surface area contributed by atoms with Gasteiger partial charge >= 0.3 is 0 Å². The van der Waals surface area contributed by atoms with E-state index in [9.17, 15) is 14.7 Å². The Morgan fingerprint density at radius 1 is 0.950 bits per heavy atom. The molecule has 202 valence electrons. The van der Waals surface area contributed by atoms with Gasteiger partial charge in [-0.15, -0.1) is 0 Å². The Balaban J connectivity index is 1.39. The van der Waals surface area contributed by atoms with Crippen molar-refractivity contribution in [1.29, 1.82) is 0 Å². The van der Waals surface area contributed by atoms with Crippen molar-refractivity contribution in [2.45, 2.75) is 19.4 Å². The van der Waals surface area contributed by atoms with E-state index in [4.69, 9.17) is 14.2 Å². The van der Waals surface area contributed by atoms with Gasteiger partial charge in [-0.1, -0.05) is 42.0 Å². The highest BCUT2D eigenvalue weighted by Crippen LogP contribution is 2.38. The molecule has 2 aromatic heterocycles. The van der Waals surface area contributed by atoms with Crippen LogP contribution in [0, 0.1) is 6.92 Å². The molecule has 5 rings (SSSR count). The normalized spacial score (nSPS) is 11.7. The summed E-state index contributed by atoms with van der Waals surface area (Å²) < 4.78 is 19.0. The van der Waals surface area contributed by atoms with Crippen molar-refractivity contribution in [3.63, 3.8) is 0 Å². The Bertz CT molecular complexity index is 1650. The van der Waals surface area contributed by atoms with Crippen LogP contribution in [0.4, 0.5) is 0 Å². The van der Waals surface area contributed by atoms with Crippen LogP contribution in [-0.2, 0) is 0 Å². The highest BCUT2D eigenvalue weighted by atomic mass is 16.5. The van der Waals surface area contributed by atoms with Crippen molar-refractivity contribution < 1.29 is 28.9 Å². The molecule has 0 bridgehead atoms. The van der Waals surface area contributed by atoms with Crippen molar-refractivity contribution in [2.24, 2.45) is 0 Å². The number of fused-ring (bicyclic) bond motifs is 1. The van der Waals surface area contributed by atoms with E-state index >= 15 is 0 Å². The molecule has 1 N–H and O–H groups in total. The number of hydrogen-bond acceptors (Lipinski definition) is 8. The Kier molecular flexibility index (Phi) is 7.84. The lowest BCUT2D eigenvalue weighted by atomic mass is 10.0. The molecule has 0 spiro atoms. The fourth-order valence-electron chi connectivity index (χ4n) is 4.22. The van der Waals surface area contributed by atoms with Crippen LogP contribution in [0.15, 0.2) is 91.6 Å². The number of carbonyl (C=O) groups is 2. The van der Waals surface area contributed by atoms with Crippen LogP contribution in [-0.4, -0.2) is 51.2 Å². The number of aliphatic hydroxyl groups is 1. The highest BCUT2D eigenvalue weighted by Gasteiger charge is 2.19. The van der Waals surface area contributed by atoms with E-state index in [2.05, 4.69) is 9.97 Å². The SMILES string of the molecule is COc1cc2c(Oc3ccc(C)cc3C(=O)c3ccccc3)ccnc2cc1OCC(O)CC(=O)n1ccnc1. The largest absolute Gasteiger partial charge is 0.493 e. The van der Waals surface area contributed by atoms with Gasteiger partial charge in [0.1, 0.15) is 24.4 Å². The number of hydrogen-bond donors (Lipinski definition) is 1. The Morgan fingerprint density at radius 2 is 1.77 bits per heavy atom. The molecule has 0 saturated carbocycles. The smallest absolute Gasteiger partial charge is 0.234 e. The summed E-state index contributed by atoms with van der Waals surface area (Å²) in [5, 5.41) is 11.0. The maximum Gasteiger partial charge on any atom is 0.234 e. The molecule has 9 heteroatoms. The Hall–Kier alpha value is -5.02. The maximum absolute atomic E-state index is 13.3. The van der Waals surface area contributed by atoms with Gasteiger partial charge in [-0.05, 0) is 31.2 Å². The van der Waals surface area contributed by atoms with Gasteiger partial charge in [0, 0.05) is 35.6 Å². The van der Waals surface area contributed by atoms with Gasteiger partial charge in [-0.3, -0.25) is 19.1 Å². The van der Waals surface area contributed by atoms with Gasteiger partial charge in [0.05, 0.1) is 30.7 Å². The average Bonchev–Trinajstić information content (AvgIpc) is 3.52. The van der Waals surface area contributed by atoms with E-state index in [1.807, 2.05) is 37.3 Å². The number of carbonyl (C=O) groups excluding carboxylic acids is 2. The van der Waals surface area contributed by atoms with Gasteiger partial charge in [-0.2, -0.15) is 0 Å². The summed E-state index contributed by atoms with van der Waals surface area (Å²) in [7, 11) is 1.50. The number of imidazole rings is 1. The van der Waals surface area contributed by atoms with Crippen molar-refractivity contribution in [1.82, 2.24) is 14.5 Å². The van der Waals surface area contributed by atoms with Crippen LogP contribution < -0.4 is 14.2 Å². The van der Waals surface area contributed by atoms with E-state index in [1.165, 1.54) is 30.4 Å². The third-order valence-electron chi connectivity index (χ3n) is 6.26. The number of benzene rings is 3. The molecule has 0 aliphatic heterocycles. The van der Waals surface area contributed by atoms with Crippen molar-refractivity contribution in [3.05, 3.63) is 108 Å². The molecule has 9 nitrogen and oxygen atoms in total. The van der Waals surface area contributed by atoms with Crippen LogP contribution in [0.25, 0.3) is 10.9 Å². The van der Waals surface area contributed by atoms with E-state index in [-0.39, 0.29) is 24.7 Å². The van der Waals surface area contributed by atoms with Crippen LogP contribution in [0.5, 0.6) is 23.0 Å². The summed E-state index contributed by atoms with van der Waals surface area (Å²) in [6.07, 6.45) is 4.81. The maximum atomic E-state index is 13.3. The van der Waals surface area contributed by atoms with Crippen LogP contribution in [0.1, 0.15) is 32.7 Å². The molecule has 5 aromatic rings. The van der Waals surface area contributed by atoms with Gasteiger partial charge in [0.15, 0.2) is 17.3 Å². The van der Waals surface area contributed by atoms with Crippen LogP contribution in [0.3, 0.4) is 0 Å². The molecular weight excluding hydrogens is 510 g/mol. The third-order valence-corrected chi connectivity index (χ3v) is 6.26. The van der Waals surface area contributed by atoms with E-state index in [0.29, 0.717) is 45.0 Å². The standard InChI is InChI=1S/C31H27N3O6/c1-20-8-9-26(24(14-20)31(37)21-6-4-3-5-7-21)40-27-10-11-33-25-17-29(28(38-2)16-23(25)27)39-18-22(35)15-30(36)34-13-12-32-19-34/h3-14,16-17,19,22,35H,15,18H2,1-2H3. The van der Waals surface area contributed by atoms with Gasteiger partial charge in [-0.25, -0.2) is 4.98 Å².